The van der Waals surface area contributed by atoms with Crippen LogP contribution in [0.2, 0.25) is 0 Å². The molecule has 0 rings (SSSR count). The Hall–Kier alpha value is -2.32. The second-order valence-corrected chi connectivity index (χ2v) is 7.81. The predicted octanol–water partition coefficient (Wildman–Crippen LogP) is 1.11. The van der Waals surface area contributed by atoms with Crippen molar-refractivity contribution in [1.29, 1.82) is 0 Å². The summed E-state index contributed by atoms with van der Waals surface area (Å²) in [5.41, 5.74) is -0.694. The number of nitrogens with one attached hydrogen (secondary N) is 3. The zero-order valence-electron chi connectivity index (χ0n) is 17.5. The maximum absolute atomic E-state index is 12.5. The van der Waals surface area contributed by atoms with Crippen LogP contribution in [0.4, 0.5) is 4.79 Å². The van der Waals surface area contributed by atoms with Crippen molar-refractivity contribution in [3.05, 3.63) is 0 Å². The number of hydrogen-bond donors (Lipinski definition) is 3. The molecule has 0 saturated heterocycles. The van der Waals surface area contributed by atoms with Crippen LogP contribution in [0.15, 0.2) is 0 Å². The molecule has 156 valence electrons. The first-order chi connectivity index (χ1) is 12.3. The van der Waals surface area contributed by atoms with Crippen LogP contribution < -0.4 is 16.0 Å². The predicted molar refractivity (Wildman–Crippen MR) is 99.8 cm³/mol. The van der Waals surface area contributed by atoms with Gasteiger partial charge >= 0.3 is 12.1 Å². The fourth-order valence-corrected chi connectivity index (χ4v) is 2.11. The van der Waals surface area contributed by atoms with Gasteiger partial charge in [-0.05, 0) is 47.0 Å². The molecule has 0 aromatic rings. The van der Waals surface area contributed by atoms with E-state index in [4.69, 9.17) is 4.74 Å². The van der Waals surface area contributed by atoms with Crippen LogP contribution in [0.25, 0.3) is 0 Å². The van der Waals surface area contributed by atoms with Gasteiger partial charge in [0.2, 0.25) is 11.8 Å². The minimum absolute atomic E-state index is 0.124. The first-order valence-electron chi connectivity index (χ1n) is 8.95. The largest absolute Gasteiger partial charge is 0.467 e. The van der Waals surface area contributed by atoms with Gasteiger partial charge in [0, 0.05) is 0 Å². The van der Waals surface area contributed by atoms with E-state index in [1.54, 1.807) is 20.8 Å². The molecule has 0 aromatic heterocycles. The van der Waals surface area contributed by atoms with Crippen LogP contribution in [0.1, 0.15) is 54.9 Å². The van der Waals surface area contributed by atoms with Gasteiger partial charge in [-0.2, -0.15) is 0 Å². The number of methoxy groups -OCH3 is 1. The van der Waals surface area contributed by atoms with Crippen molar-refractivity contribution in [2.24, 2.45) is 5.92 Å². The summed E-state index contributed by atoms with van der Waals surface area (Å²) in [6.45, 7) is 11.9. The minimum atomic E-state index is -0.903. The summed E-state index contributed by atoms with van der Waals surface area (Å²) in [7, 11) is 1.22. The lowest BCUT2D eigenvalue weighted by molar-refractivity contribution is -0.144. The fourth-order valence-electron chi connectivity index (χ4n) is 2.11. The first kappa shape index (κ1) is 24.7. The Morgan fingerprint density at radius 3 is 1.81 bits per heavy atom. The highest BCUT2D eigenvalue weighted by atomic mass is 16.6. The average molecular weight is 387 g/mol. The van der Waals surface area contributed by atoms with Gasteiger partial charge in [-0.3, -0.25) is 9.59 Å². The quantitative estimate of drug-likeness (QED) is 0.536. The lowest BCUT2D eigenvalue weighted by atomic mass is 10.0. The molecular formula is C18H33N3O6. The molecule has 3 N–H and O–H groups in total. The third kappa shape index (κ3) is 10.4. The molecule has 0 fully saturated rings. The van der Waals surface area contributed by atoms with E-state index in [1.165, 1.54) is 21.0 Å². The number of alkyl carbamates (subject to hydrolysis) is 1. The monoisotopic (exact) mass is 387 g/mol. The van der Waals surface area contributed by atoms with Crippen molar-refractivity contribution in [3.8, 4) is 0 Å². The van der Waals surface area contributed by atoms with E-state index >= 15 is 0 Å². The zero-order chi connectivity index (χ0) is 21.4. The van der Waals surface area contributed by atoms with Gasteiger partial charge in [-0.1, -0.05) is 13.8 Å². The van der Waals surface area contributed by atoms with Crippen LogP contribution >= 0.6 is 0 Å². The topological polar surface area (TPSA) is 123 Å². The molecular weight excluding hydrogens is 354 g/mol. The van der Waals surface area contributed by atoms with Gasteiger partial charge in [0.05, 0.1) is 7.11 Å². The Labute approximate surface area is 160 Å². The van der Waals surface area contributed by atoms with Gasteiger partial charge in [0.15, 0.2) is 0 Å². The van der Waals surface area contributed by atoms with Crippen molar-refractivity contribution in [3.63, 3.8) is 0 Å². The highest BCUT2D eigenvalue weighted by Gasteiger charge is 2.28. The third-order valence-corrected chi connectivity index (χ3v) is 3.38. The molecule has 0 unspecified atom stereocenters. The Morgan fingerprint density at radius 1 is 0.852 bits per heavy atom. The molecule has 3 amide bonds. The standard InChI is InChI=1S/C18H33N3O6/c1-10(2)9-13(21-17(25)27-18(5,6)7)15(23)19-11(3)14(22)20-12(4)16(24)26-8/h10-13H,9H2,1-8H3,(H,19,23)(H,20,22)(H,21,25)/t11-,12-,13+/m0/s1. The van der Waals surface area contributed by atoms with E-state index in [0.717, 1.165) is 0 Å². The van der Waals surface area contributed by atoms with Crippen molar-refractivity contribution >= 4 is 23.9 Å². The van der Waals surface area contributed by atoms with E-state index < -0.39 is 47.6 Å². The lowest BCUT2D eigenvalue weighted by Gasteiger charge is -2.25. The number of hydrogen-bond acceptors (Lipinski definition) is 6. The Kier molecular flexibility index (Phi) is 9.82. The van der Waals surface area contributed by atoms with Crippen LogP contribution in [0, 0.1) is 5.92 Å². The van der Waals surface area contributed by atoms with Crippen molar-refractivity contribution in [2.45, 2.75) is 78.6 Å². The second-order valence-electron chi connectivity index (χ2n) is 7.81. The fraction of sp³-hybridized carbons (Fsp3) is 0.778. The van der Waals surface area contributed by atoms with Crippen molar-refractivity contribution in [1.82, 2.24) is 16.0 Å². The van der Waals surface area contributed by atoms with Crippen LogP contribution in [0.5, 0.6) is 0 Å². The lowest BCUT2D eigenvalue weighted by Crippen LogP contribution is -2.55. The summed E-state index contributed by atoms with van der Waals surface area (Å²) in [5, 5.41) is 7.53. The number of rotatable bonds is 8. The third-order valence-electron chi connectivity index (χ3n) is 3.38. The maximum atomic E-state index is 12.5. The molecule has 0 aromatic carbocycles. The zero-order valence-corrected chi connectivity index (χ0v) is 17.5. The van der Waals surface area contributed by atoms with Gasteiger partial charge in [0.25, 0.3) is 0 Å². The highest BCUT2D eigenvalue weighted by molar-refractivity contribution is 5.92. The number of carbonyl (C=O) groups is 4. The van der Waals surface area contributed by atoms with E-state index in [0.29, 0.717) is 6.42 Å². The van der Waals surface area contributed by atoms with Crippen LogP contribution in [0.3, 0.4) is 0 Å². The number of esters is 1. The summed E-state index contributed by atoms with van der Waals surface area (Å²) in [5.74, 6) is -1.52. The molecule has 9 nitrogen and oxygen atoms in total. The van der Waals surface area contributed by atoms with E-state index in [1.807, 2.05) is 13.8 Å². The smallest absolute Gasteiger partial charge is 0.408 e. The molecule has 3 atom stereocenters. The second kappa shape index (κ2) is 10.7. The van der Waals surface area contributed by atoms with Crippen LogP contribution in [-0.2, 0) is 23.9 Å². The molecule has 0 heterocycles. The molecule has 0 aliphatic rings. The van der Waals surface area contributed by atoms with Gasteiger partial charge in [-0.25, -0.2) is 9.59 Å². The Balaban J connectivity index is 4.90. The summed E-state index contributed by atoms with van der Waals surface area (Å²) in [4.78, 5) is 48.0. The Morgan fingerprint density at radius 2 is 1.37 bits per heavy atom. The first-order valence-corrected chi connectivity index (χ1v) is 8.95. The highest BCUT2D eigenvalue weighted by Crippen LogP contribution is 2.10. The number of carbonyl (C=O) groups excluding carboxylic acids is 4. The molecule has 0 aliphatic heterocycles. The molecule has 27 heavy (non-hydrogen) atoms. The van der Waals surface area contributed by atoms with Crippen LogP contribution in [-0.4, -0.2) is 54.7 Å². The molecule has 0 saturated carbocycles. The van der Waals surface area contributed by atoms with Gasteiger partial charge in [0.1, 0.15) is 23.7 Å². The molecule has 0 bridgehead atoms. The SMILES string of the molecule is COC(=O)[C@H](C)NC(=O)[C@H](C)NC(=O)[C@@H](CC(C)C)NC(=O)OC(C)(C)C. The summed E-state index contributed by atoms with van der Waals surface area (Å²) < 4.78 is 9.72. The van der Waals surface area contributed by atoms with E-state index in [-0.39, 0.29) is 5.92 Å². The van der Waals surface area contributed by atoms with Crippen molar-refractivity contribution in [2.75, 3.05) is 7.11 Å². The maximum Gasteiger partial charge on any atom is 0.408 e. The normalized spacial score (nSPS) is 14.6. The minimum Gasteiger partial charge on any atom is -0.467 e. The molecule has 0 spiro atoms. The summed E-state index contributed by atoms with van der Waals surface area (Å²) >= 11 is 0. The average Bonchev–Trinajstić information content (AvgIpc) is 2.50. The van der Waals surface area contributed by atoms with E-state index in [2.05, 4.69) is 20.7 Å². The van der Waals surface area contributed by atoms with E-state index in [9.17, 15) is 19.2 Å². The number of ether oxygens (including phenoxy) is 2. The molecule has 0 aliphatic carbocycles. The molecule has 9 heteroatoms. The summed E-state index contributed by atoms with van der Waals surface area (Å²) in [6.07, 6.45) is -0.336. The Bertz CT molecular complexity index is 542. The number of amides is 3. The van der Waals surface area contributed by atoms with Crippen molar-refractivity contribution < 1.29 is 28.7 Å². The summed E-state index contributed by atoms with van der Waals surface area (Å²) in [6, 6.07) is -2.60. The molecule has 0 radical (unpaired) electrons. The van der Waals surface area contributed by atoms with Gasteiger partial charge < -0.3 is 25.4 Å². The van der Waals surface area contributed by atoms with Gasteiger partial charge in [-0.15, -0.1) is 0 Å².